The van der Waals surface area contributed by atoms with E-state index in [1.807, 2.05) is 6.07 Å². The third-order valence-electron chi connectivity index (χ3n) is 14.6. The topological polar surface area (TPSA) is 61.7 Å². The molecule has 0 N–H and O–H groups in total. The van der Waals surface area contributed by atoms with Crippen LogP contribution in [-0.4, -0.2) is 24.1 Å². The van der Waals surface area contributed by atoms with Crippen LogP contribution in [0.1, 0.15) is 22.5 Å². The lowest BCUT2D eigenvalue weighted by Gasteiger charge is -2.32. The molecule has 1 aliphatic carbocycles. The van der Waals surface area contributed by atoms with Crippen LogP contribution in [-0.2, 0) is 5.41 Å². The predicted molar refractivity (Wildman–Crippen MR) is 284 cm³/mol. The Hall–Kier alpha value is -9.39. The second-order valence-electron chi connectivity index (χ2n) is 18.3. The van der Waals surface area contributed by atoms with Crippen LogP contribution in [0.4, 0.5) is 0 Å². The normalized spacial score (nSPS) is 13.0. The van der Waals surface area contributed by atoms with E-state index in [0.717, 1.165) is 99.5 Å². The molecule has 15 rings (SSSR count). The Balaban J connectivity index is 1.02. The lowest BCUT2D eigenvalue weighted by atomic mass is 9.70. The average molecular weight is 894 g/mol. The van der Waals surface area contributed by atoms with Crippen molar-refractivity contribution < 1.29 is 4.42 Å². The van der Waals surface area contributed by atoms with Crippen molar-refractivity contribution in [1.82, 2.24) is 24.1 Å². The van der Waals surface area contributed by atoms with E-state index < -0.39 is 5.41 Å². The summed E-state index contributed by atoms with van der Waals surface area (Å²) in [4.78, 5) is 17.1. The minimum atomic E-state index is -0.986. The predicted octanol–water partition coefficient (Wildman–Crippen LogP) is 15.7. The molecule has 0 unspecified atom stereocenters. The van der Waals surface area contributed by atoms with Gasteiger partial charge >= 0.3 is 0 Å². The second kappa shape index (κ2) is 14.8. The maximum absolute atomic E-state index is 6.65. The van der Waals surface area contributed by atoms with E-state index in [4.69, 9.17) is 19.4 Å². The maximum Gasteiger partial charge on any atom is 0.238 e. The lowest BCUT2D eigenvalue weighted by Crippen LogP contribution is -2.32. The first-order valence-electron chi connectivity index (χ1n) is 23.8. The first-order valence-corrected chi connectivity index (χ1v) is 23.8. The molecule has 4 heterocycles. The zero-order chi connectivity index (χ0) is 45.9. The van der Waals surface area contributed by atoms with E-state index in [9.17, 15) is 0 Å². The summed E-state index contributed by atoms with van der Waals surface area (Å²) in [5.74, 6) is 1.75. The number of hydrogen-bond donors (Lipinski definition) is 0. The highest BCUT2D eigenvalue weighted by atomic mass is 16.3. The third kappa shape index (κ3) is 5.41. The number of rotatable bonds is 6. The molecule has 1 aliphatic rings. The van der Waals surface area contributed by atoms with Gasteiger partial charge in [-0.05, 0) is 99.6 Å². The molecule has 0 spiro atoms. The maximum atomic E-state index is 6.65. The molecule has 0 atom stereocenters. The van der Waals surface area contributed by atoms with E-state index in [1.165, 1.54) is 16.3 Å². The van der Waals surface area contributed by atoms with Crippen LogP contribution in [0.15, 0.2) is 241 Å². The molecule has 70 heavy (non-hydrogen) atoms. The Morgan fingerprint density at radius 2 is 0.871 bits per heavy atom. The Bertz CT molecular complexity index is 4340. The van der Waals surface area contributed by atoms with Crippen molar-refractivity contribution in [1.29, 1.82) is 0 Å². The molecule has 0 aliphatic heterocycles. The minimum absolute atomic E-state index is 0.545. The zero-order valence-electron chi connectivity index (χ0n) is 37.7. The molecular formula is C64H39N5O. The molecule has 0 amide bonds. The molecule has 0 saturated carbocycles. The molecular weight excluding hydrogens is 855 g/mol. The van der Waals surface area contributed by atoms with E-state index in [0.29, 0.717) is 17.6 Å². The van der Waals surface area contributed by atoms with Crippen LogP contribution in [0, 0.1) is 0 Å². The number of nitrogens with zero attached hydrogens (tertiary/aromatic N) is 5. The van der Waals surface area contributed by atoms with Gasteiger partial charge in [-0.15, -0.1) is 0 Å². The monoisotopic (exact) mass is 893 g/mol. The first kappa shape index (κ1) is 38.7. The van der Waals surface area contributed by atoms with Crippen molar-refractivity contribution in [2.45, 2.75) is 5.41 Å². The highest BCUT2D eigenvalue weighted by Crippen LogP contribution is 2.57. The molecule has 0 fully saturated rings. The van der Waals surface area contributed by atoms with Gasteiger partial charge in [0.1, 0.15) is 16.6 Å². The molecule has 0 radical (unpaired) electrons. The van der Waals surface area contributed by atoms with Gasteiger partial charge in [0.05, 0.1) is 22.1 Å². The van der Waals surface area contributed by atoms with Crippen molar-refractivity contribution >= 4 is 65.6 Å². The average Bonchev–Trinajstić information content (AvgIpc) is 4.17. The van der Waals surface area contributed by atoms with E-state index in [1.54, 1.807) is 0 Å². The zero-order valence-corrected chi connectivity index (χ0v) is 37.7. The van der Waals surface area contributed by atoms with E-state index in [2.05, 4.69) is 240 Å². The van der Waals surface area contributed by atoms with Gasteiger partial charge in [-0.1, -0.05) is 176 Å². The van der Waals surface area contributed by atoms with Crippen molar-refractivity contribution in [2.75, 3.05) is 0 Å². The molecule has 0 saturated heterocycles. The Morgan fingerprint density at radius 3 is 1.60 bits per heavy atom. The van der Waals surface area contributed by atoms with Crippen molar-refractivity contribution in [3.8, 4) is 45.3 Å². The highest BCUT2D eigenvalue weighted by Gasteiger charge is 2.50. The molecule has 6 heteroatoms. The number of hydrogen-bond acceptors (Lipinski definition) is 4. The summed E-state index contributed by atoms with van der Waals surface area (Å²) in [5.41, 5.74) is 14.8. The number of furan rings is 1. The van der Waals surface area contributed by atoms with Crippen molar-refractivity contribution in [2.24, 2.45) is 0 Å². The largest absolute Gasteiger partial charge is 0.456 e. The summed E-state index contributed by atoms with van der Waals surface area (Å²) in [7, 11) is 0. The molecule has 4 aromatic heterocycles. The van der Waals surface area contributed by atoms with Crippen molar-refractivity contribution in [3.63, 3.8) is 0 Å². The summed E-state index contributed by atoms with van der Waals surface area (Å²) in [5, 5.41) is 6.75. The van der Waals surface area contributed by atoms with Crippen LogP contribution in [0.3, 0.4) is 0 Å². The Labute approximate surface area is 402 Å². The number of fused-ring (bicyclic) bond motifs is 12. The number of benzene rings is 10. The molecule has 6 nitrogen and oxygen atoms in total. The summed E-state index contributed by atoms with van der Waals surface area (Å²) < 4.78 is 11.2. The van der Waals surface area contributed by atoms with Gasteiger partial charge in [0.2, 0.25) is 5.95 Å². The van der Waals surface area contributed by atoms with Gasteiger partial charge < -0.3 is 8.98 Å². The highest BCUT2D eigenvalue weighted by molar-refractivity contribution is 6.12. The first-order chi connectivity index (χ1) is 34.7. The van der Waals surface area contributed by atoms with E-state index in [-0.39, 0.29) is 0 Å². The Kier molecular flexibility index (Phi) is 8.18. The Morgan fingerprint density at radius 1 is 0.343 bits per heavy atom. The summed E-state index contributed by atoms with van der Waals surface area (Å²) >= 11 is 0. The molecule has 14 aromatic rings. The quantitative estimate of drug-likeness (QED) is 0.167. The van der Waals surface area contributed by atoms with Gasteiger partial charge in [-0.3, -0.25) is 4.57 Å². The smallest absolute Gasteiger partial charge is 0.238 e. The SMILES string of the molecule is c1ccc(-n2c3ccccc3c3cc(-c4cccc(-c5nc(-n6c7ccccc7c7ccccc76)nc(C6(c7cccc8oc9ccccc9c78)c7ccccc7-c7ccccc76)n5)c4)ccc32)cc1. The van der Waals surface area contributed by atoms with Crippen LogP contribution in [0.5, 0.6) is 0 Å². The fraction of sp³-hybridized carbons (Fsp3) is 0.0156. The summed E-state index contributed by atoms with van der Waals surface area (Å²) in [6.07, 6.45) is 0. The van der Waals surface area contributed by atoms with Gasteiger partial charge in [0, 0.05) is 43.6 Å². The van der Waals surface area contributed by atoms with Crippen LogP contribution in [0.2, 0.25) is 0 Å². The third-order valence-corrected chi connectivity index (χ3v) is 14.6. The molecule has 10 aromatic carbocycles. The van der Waals surface area contributed by atoms with Gasteiger partial charge in [-0.2, -0.15) is 9.97 Å². The van der Waals surface area contributed by atoms with Crippen LogP contribution < -0.4 is 0 Å². The number of aromatic nitrogens is 5. The second-order valence-corrected chi connectivity index (χ2v) is 18.3. The molecule has 326 valence electrons. The standard InChI is InChI=1S/C64H39N5O/c1-2-20-43(21-3-1)68-54-31-12-8-26-48(54)50-39-41(36-37-57(50)68)40-18-16-19-42(38-40)61-65-62(67-63(66-61)69-55-32-13-6-24-46(55)47-25-7-14-33-56(47)69)64(51-28-10-4-22-44(51)45-23-5-11-29-52(45)64)53-30-17-35-59-60(53)49-27-9-15-34-58(49)70-59/h1-39H. The van der Waals surface area contributed by atoms with Gasteiger partial charge in [0.15, 0.2) is 11.6 Å². The van der Waals surface area contributed by atoms with Gasteiger partial charge in [-0.25, -0.2) is 4.98 Å². The number of para-hydroxylation sites is 5. The van der Waals surface area contributed by atoms with Gasteiger partial charge in [0.25, 0.3) is 0 Å². The van der Waals surface area contributed by atoms with Crippen LogP contribution in [0.25, 0.3) is 111 Å². The van der Waals surface area contributed by atoms with Crippen LogP contribution >= 0.6 is 0 Å². The van der Waals surface area contributed by atoms with E-state index >= 15 is 0 Å². The minimum Gasteiger partial charge on any atom is -0.456 e. The summed E-state index contributed by atoms with van der Waals surface area (Å²) in [6, 6.07) is 84.1. The fourth-order valence-corrected chi connectivity index (χ4v) is 11.7. The lowest BCUT2D eigenvalue weighted by molar-refractivity contribution is 0.664. The summed E-state index contributed by atoms with van der Waals surface area (Å²) in [6.45, 7) is 0. The van der Waals surface area contributed by atoms with Crippen molar-refractivity contribution in [3.05, 3.63) is 259 Å². The fourth-order valence-electron chi connectivity index (χ4n) is 11.7. The molecule has 0 bridgehead atoms.